The summed E-state index contributed by atoms with van der Waals surface area (Å²) in [4.78, 5) is 15.9. The van der Waals surface area contributed by atoms with Crippen molar-refractivity contribution in [1.82, 2.24) is 19.6 Å². The number of H-pyrrole nitrogens is 1. The molecule has 0 aliphatic carbocycles. The molecule has 104 valence electrons. The van der Waals surface area contributed by atoms with Gasteiger partial charge >= 0.3 is 5.69 Å². The maximum atomic E-state index is 11.5. The Morgan fingerprint density at radius 1 is 1.53 bits per heavy atom. The fourth-order valence-electron chi connectivity index (χ4n) is 1.94. The first-order valence-electron chi connectivity index (χ1n) is 6.23. The number of aromatic nitrogens is 4. The normalized spacial score (nSPS) is 13.1. The molecule has 0 aliphatic heterocycles. The zero-order chi connectivity index (χ0) is 14.0. The van der Waals surface area contributed by atoms with Gasteiger partial charge in [0.1, 0.15) is 11.6 Å². The van der Waals surface area contributed by atoms with Crippen LogP contribution < -0.4 is 11.0 Å². The van der Waals surface area contributed by atoms with E-state index in [1.54, 1.807) is 20.1 Å². The molecule has 0 aliphatic rings. The largest absolute Gasteiger partial charge is 0.383 e. The number of hydrogen-bond acceptors (Lipinski definition) is 5. The molecule has 7 nitrogen and oxygen atoms in total. The molecule has 0 saturated carbocycles. The first-order chi connectivity index (χ1) is 9.02. The summed E-state index contributed by atoms with van der Waals surface area (Å²) < 4.78 is 6.63. The van der Waals surface area contributed by atoms with E-state index >= 15 is 0 Å². The van der Waals surface area contributed by atoms with Crippen molar-refractivity contribution in [3.8, 4) is 0 Å². The maximum Gasteiger partial charge on any atom is 0.349 e. The fraction of sp³-hybridized carbons (Fsp3) is 0.583. The van der Waals surface area contributed by atoms with E-state index < -0.39 is 0 Å². The van der Waals surface area contributed by atoms with Crippen LogP contribution in [0.3, 0.4) is 0 Å². The van der Waals surface area contributed by atoms with Crippen molar-refractivity contribution < 1.29 is 4.74 Å². The Labute approximate surface area is 111 Å². The average Bonchev–Trinajstić information content (AvgIpc) is 2.70. The minimum atomic E-state index is -0.274. The van der Waals surface area contributed by atoms with Crippen molar-refractivity contribution in [3.05, 3.63) is 22.4 Å². The predicted octanol–water partition coefficient (Wildman–Crippen LogP) is 0.809. The SMILES string of the molecule is COCC(Nc1cc2n[nH]c(=O)n2c(C)n1)C(C)C. The molecular weight excluding hydrogens is 246 g/mol. The molecule has 0 fully saturated rings. The van der Waals surface area contributed by atoms with Crippen molar-refractivity contribution in [2.24, 2.45) is 5.92 Å². The smallest absolute Gasteiger partial charge is 0.349 e. The lowest BCUT2D eigenvalue weighted by Gasteiger charge is -2.22. The Hall–Kier alpha value is -1.89. The molecule has 0 saturated heterocycles. The number of methoxy groups -OCH3 is 1. The van der Waals surface area contributed by atoms with E-state index in [0.717, 1.165) is 0 Å². The molecule has 1 unspecified atom stereocenters. The molecule has 0 aromatic carbocycles. The Morgan fingerprint density at radius 2 is 2.26 bits per heavy atom. The molecule has 0 spiro atoms. The van der Waals surface area contributed by atoms with Gasteiger partial charge in [-0.05, 0) is 12.8 Å². The van der Waals surface area contributed by atoms with E-state index in [0.29, 0.717) is 29.8 Å². The monoisotopic (exact) mass is 265 g/mol. The van der Waals surface area contributed by atoms with Gasteiger partial charge < -0.3 is 10.1 Å². The summed E-state index contributed by atoms with van der Waals surface area (Å²) >= 11 is 0. The second kappa shape index (κ2) is 5.40. The molecule has 1 atom stereocenters. The van der Waals surface area contributed by atoms with Gasteiger partial charge in [-0.1, -0.05) is 13.8 Å². The van der Waals surface area contributed by atoms with Gasteiger partial charge in [0.15, 0.2) is 5.65 Å². The lowest BCUT2D eigenvalue weighted by Crippen LogP contribution is -2.31. The third-order valence-corrected chi connectivity index (χ3v) is 3.05. The summed E-state index contributed by atoms with van der Waals surface area (Å²) in [7, 11) is 1.67. The summed E-state index contributed by atoms with van der Waals surface area (Å²) in [6, 6.07) is 1.90. The molecule has 7 heteroatoms. The molecular formula is C12H19N5O2. The van der Waals surface area contributed by atoms with Crippen LogP contribution in [-0.4, -0.2) is 39.3 Å². The van der Waals surface area contributed by atoms with Gasteiger partial charge in [-0.3, -0.25) is 0 Å². The lowest BCUT2D eigenvalue weighted by molar-refractivity contribution is 0.171. The number of nitrogens with zero attached hydrogens (tertiary/aromatic N) is 3. The standard InChI is InChI=1S/C12H19N5O2/c1-7(2)9(6-19-4)14-10-5-11-15-16-12(18)17(11)8(3)13-10/h5,7,9,14H,6H2,1-4H3,(H,16,18). The van der Waals surface area contributed by atoms with Crippen LogP contribution in [0.2, 0.25) is 0 Å². The number of ether oxygens (including phenoxy) is 1. The maximum absolute atomic E-state index is 11.5. The van der Waals surface area contributed by atoms with Crippen LogP contribution >= 0.6 is 0 Å². The van der Waals surface area contributed by atoms with E-state index in [-0.39, 0.29) is 11.7 Å². The molecule has 2 aromatic rings. The summed E-state index contributed by atoms with van der Waals surface area (Å²) in [6.45, 7) is 6.59. The van der Waals surface area contributed by atoms with Crippen molar-refractivity contribution in [2.75, 3.05) is 19.0 Å². The van der Waals surface area contributed by atoms with Crippen LogP contribution in [0.15, 0.2) is 10.9 Å². The van der Waals surface area contributed by atoms with Gasteiger partial charge in [-0.2, -0.15) is 5.10 Å². The van der Waals surface area contributed by atoms with E-state index in [1.807, 2.05) is 0 Å². The number of fused-ring (bicyclic) bond motifs is 1. The van der Waals surface area contributed by atoms with Crippen molar-refractivity contribution >= 4 is 11.5 Å². The highest BCUT2D eigenvalue weighted by Gasteiger charge is 2.15. The van der Waals surface area contributed by atoms with E-state index in [9.17, 15) is 4.79 Å². The Kier molecular flexibility index (Phi) is 3.84. The molecule has 2 heterocycles. The average molecular weight is 265 g/mol. The van der Waals surface area contributed by atoms with Gasteiger partial charge in [-0.15, -0.1) is 0 Å². The molecule has 2 rings (SSSR count). The Bertz CT molecular complexity index is 616. The van der Waals surface area contributed by atoms with Gasteiger partial charge in [-0.25, -0.2) is 19.3 Å². The van der Waals surface area contributed by atoms with Crippen LogP contribution in [0, 0.1) is 12.8 Å². The van der Waals surface area contributed by atoms with Gasteiger partial charge in [0.2, 0.25) is 0 Å². The molecule has 2 N–H and O–H groups in total. The number of aryl methyl sites for hydroxylation is 1. The van der Waals surface area contributed by atoms with E-state index in [4.69, 9.17) is 4.74 Å². The second-order valence-electron chi connectivity index (χ2n) is 4.86. The highest BCUT2D eigenvalue weighted by atomic mass is 16.5. The van der Waals surface area contributed by atoms with E-state index in [2.05, 4.69) is 34.3 Å². The number of aromatic amines is 1. The Balaban J connectivity index is 2.32. The third kappa shape index (κ3) is 2.76. The predicted molar refractivity (Wildman–Crippen MR) is 72.5 cm³/mol. The molecule has 0 bridgehead atoms. The van der Waals surface area contributed by atoms with Crippen LogP contribution in [0.4, 0.5) is 5.82 Å². The summed E-state index contributed by atoms with van der Waals surface area (Å²) in [5.41, 5.74) is 0.281. The van der Waals surface area contributed by atoms with Crippen LogP contribution in [0.25, 0.3) is 5.65 Å². The van der Waals surface area contributed by atoms with Crippen molar-refractivity contribution in [1.29, 1.82) is 0 Å². The second-order valence-corrected chi connectivity index (χ2v) is 4.86. The minimum Gasteiger partial charge on any atom is -0.383 e. The number of nitrogens with one attached hydrogen (secondary N) is 2. The highest BCUT2D eigenvalue weighted by molar-refractivity contribution is 5.50. The molecule has 2 aromatic heterocycles. The van der Waals surface area contributed by atoms with Gasteiger partial charge in [0.05, 0.1) is 12.6 Å². The van der Waals surface area contributed by atoms with Crippen LogP contribution in [0.5, 0.6) is 0 Å². The molecule has 0 radical (unpaired) electrons. The topological polar surface area (TPSA) is 84.3 Å². The molecule has 0 amide bonds. The first kappa shape index (κ1) is 13.5. The van der Waals surface area contributed by atoms with Crippen molar-refractivity contribution in [2.45, 2.75) is 26.8 Å². The summed E-state index contributed by atoms with van der Waals surface area (Å²) in [6.07, 6.45) is 0. The lowest BCUT2D eigenvalue weighted by atomic mass is 10.1. The van der Waals surface area contributed by atoms with Crippen LogP contribution in [-0.2, 0) is 4.74 Å². The molecule has 19 heavy (non-hydrogen) atoms. The fourth-order valence-corrected chi connectivity index (χ4v) is 1.94. The summed E-state index contributed by atoms with van der Waals surface area (Å²) in [5.74, 6) is 1.69. The summed E-state index contributed by atoms with van der Waals surface area (Å²) in [5, 5.41) is 9.68. The quantitative estimate of drug-likeness (QED) is 0.835. The van der Waals surface area contributed by atoms with Crippen molar-refractivity contribution in [3.63, 3.8) is 0 Å². The zero-order valence-electron chi connectivity index (χ0n) is 11.6. The van der Waals surface area contributed by atoms with Gasteiger partial charge in [0, 0.05) is 13.2 Å². The number of rotatable bonds is 5. The van der Waals surface area contributed by atoms with Gasteiger partial charge in [0.25, 0.3) is 0 Å². The first-order valence-corrected chi connectivity index (χ1v) is 6.23. The van der Waals surface area contributed by atoms with Crippen LogP contribution in [0.1, 0.15) is 19.7 Å². The third-order valence-electron chi connectivity index (χ3n) is 3.05. The zero-order valence-corrected chi connectivity index (χ0v) is 11.6. The Morgan fingerprint density at radius 3 is 2.89 bits per heavy atom. The number of hydrogen-bond donors (Lipinski definition) is 2. The number of anilines is 1. The highest BCUT2D eigenvalue weighted by Crippen LogP contribution is 2.13. The minimum absolute atomic E-state index is 0.157. The van der Waals surface area contributed by atoms with E-state index in [1.165, 1.54) is 4.40 Å².